The van der Waals surface area contributed by atoms with Crippen LogP contribution in [0.3, 0.4) is 0 Å². The van der Waals surface area contributed by atoms with E-state index in [4.69, 9.17) is 4.52 Å². The van der Waals surface area contributed by atoms with Crippen molar-refractivity contribution in [2.24, 2.45) is 0 Å². The van der Waals surface area contributed by atoms with Gasteiger partial charge in [0.2, 0.25) is 5.89 Å². The molecule has 0 saturated carbocycles. The summed E-state index contributed by atoms with van der Waals surface area (Å²) in [6, 6.07) is 0.314. The lowest BCUT2D eigenvalue weighted by molar-refractivity contribution is 0.318. The average molecular weight is 222 g/mol. The smallest absolute Gasteiger partial charge is 0.231 e. The first-order valence-corrected chi connectivity index (χ1v) is 6.21. The van der Waals surface area contributed by atoms with E-state index in [0.29, 0.717) is 12.0 Å². The molecule has 0 aromatic carbocycles. The normalized spacial score (nSPS) is 30.8. The van der Waals surface area contributed by atoms with Gasteiger partial charge in [0.1, 0.15) is 0 Å². The Morgan fingerprint density at radius 2 is 2.12 bits per heavy atom. The van der Waals surface area contributed by atoms with Gasteiger partial charge in [0.25, 0.3) is 0 Å². The second-order valence-corrected chi connectivity index (χ2v) is 4.68. The largest absolute Gasteiger partial charge is 0.339 e. The van der Waals surface area contributed by atoms with Crippen LogP contribution in [-0.4, -0.2) is 29.8 Å². The second-order valence-electron chi connectivity index (χ2n) is 4.68. The molecule has 1 aromatic rings. The number of nitrogens with zero attached hydrogens (tertiary/aromatic N) is 2. The van der Waals surface area contributed by atoms with Crippen molar-refractivity contribution in [3.05, 3.63) is 11.7 Å². The van der Waals surface area contributed by atoms with E-state index in [2.05, 4.69) is 20.8 Å². The molecule has 5 nitrogen and oxygen atoms in total. The first-order valence-electron chi connectivity index (χ1n) is 6.21. The molecule has 1 aromatic heterocycles. The molecule has 16 heavy (non-hydrogen) atoms. The van der Waals surface area contributed by atoms with Gasteiger partial charge >= 0.3 is 0 Å². The highest BCUT2D eigenvalue weighted by Gasteiger charge is 2.25. The summed E-state index contributed by atoms with van der Waals surface area (Å²) in [6.45, 7) is 3.15. The Morgan fingerprint density at radius 1 is 1.19 bits per heavy atom. The summed E-state index contributed by atoms with van der Waals surface area (Å²) in [4.78, 5) is 4.54. The Kier molecular flexibility index (Phi) is 2.88. The first-order chi connectivity index (χ1) is 7.93. The fourth-order valence-corrected chi connectivity index (χ4v) is 2.52. The number of hydrogen-bond acceptors (Lipinski definition) is 5. The van der Waals surface area contributed by atoms with Gasteiger partial charge < -0.3 is 15.2 Å². The van der Waals surface area contributed by atoms with Crippen LogP contribution in [0.5, 0.6) is 0 Å². The zero-order valence-corrected chi connectivity index (χ0v) is 9.41. The topological polar surface area (TPSA) is 63.0 Å². The van der Waals surface area contributed by atoms with Crippen LogP contribution in [0.4, 0.5) is 0 Å². The molecule has 3 rings (SSSR count). The van der Waals surface area contributed by atoms with Crippen molar-refractivity contribution in [3.63, 3.8) is 0 Å². The van der Waals surface area contributed by atoms with Crippen LogP contribution in [0, 0.1) is 0 Å². The predicted molar refractivity (Wildman–Crippen MR) is 59.1 cm³/mol. The first kappa shape index (κ1) is 10.2. The summed E-state index contributed by atoms with van der Waals surface area (Å²) in [7, 11) is 0. The van der Waals surface area contributed by atoms with Crippen LogP contribution in [0.25, 0.3) is 0 Å². The lowest BCUT2D eigenvalue weighted by Crippen LogP contribution is -2.28. The monoisotopic (exact) mass is 222 g/mol. The lowest BCUT2D eigenvalue weighted by Gasteiger charge is -2.18. The Morgan fingerprint density at radius 3 is 2.88 bits per heavy atom. The SMILES string of the molecule is C1CNCC(c2nc(C3CCCN3)no2)C1. The Labute approximate surface area is 95.0 Å². The van der Waals surface area contributed by atoms with Crippen molar-refractivity contribution >= 4 is 0 Å². The van der Waals surface area contributed by atoms with E-state index in [-0.39, 0.29) is 0 Å². The Hall–Kier alpha value is -0.940. The maximum atomic E-state index is 5.38. The minimum Gasteiger partial charge on any atom is -0.339 e. The molecule has 2 aliphatic rings. The van der Waals surface area contributed by atoms with Crippen LogP contribution in [0.2, 0.25) is 0 Å². The van der Waals surface area contributed by atoms with Crippen molar-refractivity contribution in [2.75, 3.05) is 19.6 Å². The van der Waals surface area contributed by atoms with Crippen LogP contribution in [-0.2, 0) is 0 Å². The van der Waals surface area contributed by atoms with Crippen molar-refractivity contribution in [3.8, 4) is 0 Å². The average Bonchev–Trinajstić information content (AvgIpc) is 3.01. The third kappa shape index (κ3) is 1.97. The maximum Gasteiger partial charge on any atom is 0.231 e. The molecule has 3 heterocycles. The second kappa shape index (κ2) is 4.51. The van der Waals surface area contributed by atoms with E-state index in [1.54, 1.807) is 0 Å². The number of nitrogens with one attached hydrogen (secondary N) is 2. The summed E-state index contributed by atoms with van der Waals surface area (Å²) in [5.41, 5.74) is 0. The highest BCUT2D eigenvalue weighted by molar-refractivity contribution is 5.01. The molecule has 0 radical (unpaired) electrons. The predicted octanol–water partition coefficient (Wildman–Crippen LogP) is 0.961. The summed E-state index contributed by atoms with van der Waals surface area (Å²) in [5.74, 6) is 2.07. The molecular formula is C11H18N4O. The molecule has 0 amide bonds. The molecule has 2 atom stereocenters. The van der Waals surface area contributed by atoms with Crippen LogP contribution < -0.4 is 10.6 Å². The van der Waals surface area contributed by atoms with Gasteiger partial charge in [-0.3, -0.25) is 0 Å². The van der Waals surface area contributed by atoms with Gasteiger partial charge in [0.05, 0.1) is 12.0 Å². The molecular weight excluding hydrogens is 204 g/mol. The lowest BCUT2D eigenvalue weighted by atomic mass is 10.00. The van der Waals surface area contributed by atoms with E-state index in [0.717, 1.165) is 44.2 Å². The fourth-order valence-electron chi connectivity index (χ4n) is 2.52. The fraction of sp³-hybridized carbons (Fsp3) is 0.818. The van der Waals surface area contributed by atoms with Gasteiger partial charge in [-0.1, -0.05) is 5.16 Å². The van der Waals surface area contributed by atoms with Crippen LogP contribution in [0.15, 0.2) is 4.52 Å². The summed E-state index contributed by atoms with van der Waals surface area (Å²) in [6.07, 6.45) is 4.69. The van der Waals surface area contributed by atoms with Gasteiger partial charge in [0, 0.05) is 6.54 Å². The van der Waals surface area contributed by atoms with Crippen molar-refractivity contribution < 1.29 is 4.52 Å². The molecule has 0 bridgehead atoms. The summed E-state index contributed by atoms with van der Waals surface area (Å²) < 4.78 is 5.38. The van der Waals surface area contributed by atoms with Crippen molar-refractivity contribution in [2.45, 2.75) is 37.6 Å². The van der Waals surface area contributed by atoms with E-state index in [1.165, 1.54) is 12.8 Å². The third-order valence-corrected chi connectivity index (χ3v) is 3.48. The van der Waals surface area contributed by atoms with Crippen molar-refractivity contribution in [1.29, 1.82) is 0 Å². The molecule has 88 valence electrons. The number of aromatic nitrogens is 2. The zero-order chi connectivity index (χ0) is 10.8. The van der Waals surface area contributed by atoms with Gasteiger partial charge in [-0.25, -0.2) is 0 Å². The van der Waals surface area contributed by atoms with Gasteiger partial charge in [0.15, 0.2) is 5.82 Å². The molecule has 2 N–H and O–H groups in total. The maximum absolute atomic E-state index is 5.38. The molecule has 2 saturated heterocycles. The van der Waals surface area contributed by atoms with Gasteiger partial charge in [-0.15, -0.1) is 0 Å². The van der Waals surface area contributed by atoms with Crippen LogP contribution in [0.1, 0.15) is 49.4 Å². The van der Waals surface area contributed by atoms with E-state index in [1.807, 2.05) is 0 Å². The molecule has 0 spiro atoms. The standard InChI is InChI=1S/C11H18N4O/c1-3-8(7-12-5-1)11-14-10(15-16-11)9-4-2-6-13-9/h8-9,12-13H,1-7H2. The zero-order valence-electron chi connectivity index (χ0n) is 9.41. The van der Waals surface area contributed by atoms with Crippen molar-refractivity contribution in [1.82, 2.24) is 20.8 Å². The molecule has 2 fully saturated rings. The summed E-state index contributed by atoms with van der Waals surface area (Å²) >= 11 is 0. The van der Waals surface area contributed by atoms with E-state index >= 15 is 0 Å². The Bertz CT molecular complexity index is 340. The Balaban J connectivity index is 1.71. The highest BCUT2D eigenvalue weighted by Crippen LogP contribution is 2.25. The van der Waals surface area contributed by atoms with E-state index < -0.39 is 0 Å². The molecule has 5 heteroatoms. The van der Waals surface area contributed by atoms with E-state index in [9.17, 15) is 0 Å². The third-order valence-electron chi connectivity index (χ3n) is 3.48. The quantitative estimate of drug-likeness (QED) is 0.780. The molecule has 0 aliphatic carbocycles. The van der Waals surface area contributed by atoms with Gasteiger partial charge in [-0.2, -0.15) is 4.98 Å². The number of hydrogen-bond donors (Lipinski definition) is 2. The summed E-state index contributed by atoms with van der Waals surface area (Å²) in [5, 5.41) is 10.9. The highest BCUT2D eigenvalue weighted by atomic mass is 16.5. The minimum atomic E-state index is 0.314. The molecule has 2 unspecified atom stereocenters. The van der Waals surface area contributed by atoms with Gasteiger partial charge in [-0.05, 0) is 38.8 Å². The minimum absolute atomic E-state index is 0.314. The molecule has 2 aliphatic heterocycles. The number of piperidine rings is 1. The van der Waals surface area contributed by atoms with Crippen LogP contribution >= 0.6 is 0 Å². The number of rotatable bonds is 2.